The molecule has 3 rings (SSSR count). The molecule has 22 heavy (non-hydrogen) atoms. The van der Waals surface area contributed by atoms with Gasteiger partial charge in [0.1, 0.15) is 6.10 Å². The summed E-state index contributed by atoms with van der Waals surface area (Å²) >= 11 is 0. The second-order valence-electron chi connectivity index (χ2n) is 5.55. The Morgan fingerprint density at radius 1 is 1.36 bits per heavy atom. The lowest BCUT2D eigenvalue weighted by Crippen LogP contribution is -2.44. The lowest BCUT2D eigenvalue weighted by Gasteiger charge is -2.25. The molecule has 0 unspecified atom stereocenters. The number of hydrogen-bond donors (Lipinski definition) is 2. The number of nitrogens with one attached hydrogen (secondary N) is 1. The molecule has 0 aromatic carbocycles. The van der Waals surface area contributed by atoms with Crippen LogP contribution < -0.4 is 10.1 Å². The Balaban J connectivity index is 1.64. The molecule has 0 spiro atoms. The Hall–Kier alpha value is -2.15. The fourth-order valence-corrected chi connectivity index (χ4v) is 2.51. The van der Waals surface area contributed by atoms with Gasteiger partial charge in [0.05, 0.1) is 6.04 Å². The van der Waals surface area contributed by atoms with E-state index in [9.17, 15) is 9.59 Å². The standard InChI is InChI=1S/C15H18N2O5/c18-14(17-11-5-7-21-13(11)15(19)20)9-4-6-16-12(8-9)22-10-2-1-3-10/h4,6,8,10-11,13H,1-3,5,7H2,(H,17,18)(H,19,20)/t11-,13+/m0/s1. The van der Waals surface area contributed by atoms with Crippen LogP contribution in [0.3, 0.4) is 0 Å². The van der Waals surface area contributed by atoms with Crippen molar-refractivity contribution in [3.05, 3.63) is 23.9 Å². The maximum Gasteiger partial charge on any atom is 0.334 e. The minimum atomic E-state index is -1.06. The number of nitrogens with zero attached hydrogens (tertiary/aromatic N) is 1. The molecule has 1 aliphatic heterocycles. The first kappa shape index (κ1) is 14.8. The molecule has 0 bridgehead atoms. The molecule has 2 atom stereocenters. The molecule has 2 aliphatic rings. The Kier molecular flexibility index (Phi) is 4.24. The number of carboxylic acids is 1. The largest absolute Gasteiger partial charge is 0.479 e. The third-order valence-corrected chi connectivity index (χ3v) is 3.99. The molecule has 1 aromatic heterocycles. The highest BCUT2D eigenvalue weighted by Crippen LogP contribution is 2.24. The highest BCUT2D eigenvalue weighted by atomic mass is 16.5. The van der Waals surface area contributed by atoms with Crippen LogP contribution in [0.5, 0.6) is 5.88 Å². The Morgan fingerprint density at radius 2 is 2.18 bits per heavy atom. The molecular weight excluding hydrogens is 288 g/mol. The molecule has 1 saturated heterocycles. The lowest BCUT2D eigenvalue weighted by molar-refractivity contribution is -0.148. The zero-order valence-electron chi connectivity index (χ0n) is 12.0. The Bertz CT molecular complexity index is 573. The molecule has 1 amide bonds. The van der Waals surface area contributed by atoms with Gasteiger partial charge >= 0.3 is 5.97 Å². The molecule has 7 heteroatoms. The fourth-order valence-electron chi connectivity index (χ4n) is 2.51. The van der Waals surface area contributed by atoms with Crippen LogP contribution in [0.4, 0.5) is 0 Å². The molecular formula is C15H18N2O5. The van der Waals surface area contributed by atoms with Crippen molar-refractivity contribution >= 4 is 11.9 Å². The summed E-state index contributed by atoms with van der Waals surface area (Å²) in [5.41, 5.74) is 0.403. The second kappa shape index (κ2) is 6.31. The minimum absolute atomic E-state index is 0.186. The number of carboxylic acid groups (broad SMARTS) is 1. The van der Waals surface area contributed by atoms with Crippen molar-refractivity contribution in [2.24, 2.45) is 0 Å². The van der Waals surface area contributed by atoms with Crippen LogP contribution in [0.25, 0.3) is 0 Å². The minimum Gasteiger partial charge on any atom is -0.479 e. The fraction of sp³-hybridized carbons (Fsp3) is 0.533. The summed E-state index contributed by atoms with van der Waals surface area (Å²) in [7, 11) is 0. The first-order chi connectivity index (χ1) is 10.6. The molecule has 1 saturated carbocycles. The summed E-state index contributed by atoms with van der Waals surface area (Å²) in [6.45, 7) is 0.328. The summed E-state index contributed by atoms with van der Waals surface area (Å²) in [5.74, 6) is -0.982. The highest BCUT2D eigenvalue weighted by Gasteiger charge is 2.35. The van der Waals surface area contributed by atoms with Crippen LogP contribution in [-0.2, 0) is 9.53 Å². The third-order valence-electron chi connectivity index (χ3n) is 3.99. The van der Waals surface area contributed by atoms with E-state index in [2.05, 4.69) is 10.3 Å². The second-order valence-corrected chi connectivity index (χ2v) is 5.55. The van der Waals surface area contributed by atoms with E-state index in [1.165, 1.54) is 6.20 Å². The maximum atomic E-state index is 12.2. The van der Waals surface area contributed by atoms with Crippen LogP contribution in [0.1, 0.15) is 36.0 Å². The van der Waals surface area contributed by atoms with Crippen molar-refractivity contribution in [1.29, 1.82) is 0 Å². The molecule has 0 radical (unpaired) electrons. The number of aromatic nitrogens is 1. The topological polar surface area (TPSA) is 97.8 Å². The van der Waals surface area contributed by atoms with E-state index in [4.69, 9.17) is 14.6 Å². The molecule has 2 heterocycles. The predicted molar refractivity (Wildman–Crippen MR) is 75.8 cm³/mol. The molecule has 7 nitrogen and oxygen atoms in total. The number of hydrogen-bond acceptors (Lipinski definition) is 5. The molecule has 1 aliphatic carbocycles. The molecule has 2 fully saturated rings. The van der Waals surface area contributed by atoms with E-state index in [1.54, 1.807) is 12.1 Å². The van der Waals surface area contributed by atoms with Crippen molar-refractivity contribution in [2.45, 2.75) is 43.9 Å². The summed E-state index contributed by atoms with van der Waals surface area (Å²) in [5, 5.41) is 11.7. The van der Waals surface area contributed by atoms with Crippen LogP contribution in [-0.4, -0.2) is 46.8 Å². The summed E-state index contributed by atoms with van der Waals surface area (Å²) in [6.07, 6.45) is 4.38. The van der Waals surface area contributed by atoms with Gasteiger partial charge in [0.15, 0.2) is 6.10 Å². The lowest BCUT2D eigenvalue weighted by atomic mass is 9.96. The SMILES string of the molecule is O=C(N[C@H]1CCO[C@H]1C(=O)O)c1ccnc(OC2CCC2)c1. The number of rotatable bonds is 5. The van der Waals surface area contributed by atoms with Crippen molar-refractivity contribution in [3.63, 3.8) is 0 Å². The van der Waals surface area contributed by atoms with Gasteiger partial charge in [0, 0.05) is 24.4 Å². The van der Waals surface area contributed by atoms with Crippen LogP contribution >= 0.6 is 0 Å². The Labute approximate surface area is 127 Å². The van der Waals surface area contributed by atoms with Gasteiger partial charge in [-0.2, -0.15) is 0 Å². The van der Waals surface area contributed by atoms with Gasteiger partial charge in [0.2, 0.25) is 5.88 Å². The van der Waals surface area contributed by atoms with Crippen molar-refractivity contribution in [2.75, 3.05) is 6.61 Å². The van der Waals surface area contributed by atoms with Crippen molar-refractivity contribution in [1.82, 2.24) is 10.3 Å². The monoisotopic (exact) mass is 306 g/mol. The number of amides is 1. The van der Waals surface area contributed by atoms with Crippen LogP contribution in [0.2, 0.25) is 0 Å². The van der Waals surface area contributed by atoms with E-state index in [0.717, 1.165) is 19.3 Å². The first-order valence-electron chi connectivity index (χ1n) is 7.41. The first-order valence-corrected chi connectivity index (χ1v) is 7.41. The summed E-state index contributed by atoms with van der Waals surface area (Å²) in [6, 6.07) is 2.64. The number of carbonyl (C=O) groups excluding carboxylic acids is 1. The smallest absolute Gasteiger partial charge is 0.334 e. The number of carbonyl (C=O) groups is 2. The van der Waals surface area contributed by atoms with E-state index in [0.29, 0.717) is 24.5 Å². The van der Waals surface area contributed by atoms with Gasteiger partial charge in [-0.3, -0.25) is 4.79 Å². The molecule has 2 N–H and O–H groups in total. The normalized spacial score (nSPS) is 24.5. The zero-order valence-corrected chi connectivity index (χ0v) is 12.0. The maximum absolute atomic E-state index is 12.2. The quantitative estimate of drug-likeness (QED) is 0.841. The van der Waals surface area contributed by atoms with Crippen molar-refractivity contribution in [3.8, 4) is 5.88 Å². The van der Waals surface area contributed by atoms with Gasteiger partial charge in [-0.15, -0.1) is 0 Å². The third kappa shape index (κ3) is 3.19. The predicted octanol–water partition coefficient (Wildman–Crippen LogP) is 0.985. The zero-order chi connectivity index (χ0) is 15.5. The number of ether oxygens (including phenoxy) is 2. The molecule has 1 aromatic rings. The van der Waals surface area contributed by atoms with Gasteiger partial charge in [-0.05, 0) is 31.7 Å². The van der Waals surface area contributed by atoms with Gasteiger partial charge in [0.25, 0.3) is 5.91 Å². The van der Waals surface area contributed by atoms with Crippen LogP contribution in [0, 0.1) is 0 Å². The average Bonchev–Trinajstić information content (AvgIpc) is 2.91. The average molecular weight is 306 g/mol. The highest BCUT2D eigenvalue weighted by molar-refractivity contribution is 5.95. The van der Waals surface area contributed by atoms with Gasteiger partial charge in [-0.1, -0.05) is 0 Å². The van der Waals surface area contributed by atoms with E-state index < -0.39 is 18.1 Å². The van der Waals surface area contributed by atoms with E-state index in [-0.39, 0.29) is 12.0 Å². The number of aliphatic carboxylic acids is 1. The van der Waals surface area contributed by atoms with E-state index >= 15 is 0 Å². The van der Waals surface area contributed by atoms with Crippen LogP contribution in [0.15, 0.2) is 18.3 Å². The number of pyridine rings is 1. The summed E-state index contributed by atoms with van der Waals surface area (Å²) < 4.78 is 10.8. The Morgan fingerprint density at radius 3 is 2.86 bits per heavy atom. The van der Waals surface area contributed by atoms with Crippen molar-refractivity contribution < 1.29 is 24.2 Å². The summed E-state index contributed by atoms with van der Waals surface area (Å²) in [4.78, 5) is 27.4. The molecule has 118 valence electrons. The van der Waals surface area contributed by atoms with E-state index in [1.807, 2.05) is 0 Å². The van der Waals surface area contributed by atoms with Gasteiger partial charge in [-0.25, -0.2) is 9.78 Å². The van der Waals surface area contributed by atoms with Gasteiger partial charge < -0.3 is 19.9 Å².